The van der Waals surface area contributed by atoms with E-state index in [1.165, 1.54) is 0 Å². The molecule has 2 heterocycles. The monoisotopic (exact) mass is 205 g/mol. The van der Waals surface area contributed by atoms with E-state index >= 15 is 0 Å². The summed E-state index contributed by atoms with van der Waals surface area (Å²) < 4.78 is 10.7. The minimum Gasteiger partial charge on any atom is -0.473 e. The molecule has 2 rings (SSSR count). The molecule has 1 atom stereocenters. The number of pyridine rings is 1. The van der Waals surface area contributed by atoms with E-state index in [-0.39, 0.29) is 6.23 Å². The quantitative estimate of drug-likeness (QED) is 0.676. The van der Waals surface area contributed by atoms with Crippen molar-refractivity contribution in [3.8, 4) is 12.1 Å². The van der Waals surface area contributed by atoms with Crippen LogP contribution in [-0.4, -0.2) is 35.9 Å². The molecular formula is C10H11N3O2. The summed E-state index contributed by atoms with van der Waals surface area (Å²) in [5.41, 5.74) is 0. The molecule has 0 amide bonds. The van der Waals surface area contributed by atoms with Crippen molar-refractivity contribution >= 4 is 0 Å². The molecule has 1 aromatic heterocycles. The van der Waals surface area contributed by atoms with Crippen LogP contribution in [-0.2, 0) is 4.74 Å². The second kappa shape index (κ2) is 4.62. The SMILES string of the molecule is N#CN1CCOC1COc1ccccn1. The van der Waals surface area contributed by atoms with E-state index in [2.05, 4.69) is 11.2 Å². The maximum atomic E-state index is 8.76. The van der Waals surface area contributed by atoms with Gasteiger partial charge in [0.2, 0.25) is 5.88 Å². The Morgan fingerprint density at radius 2 is 2.60 bits per heavy atom. The fourth-order valence-corrected chi connectivity index (χ4v) is 1.36. The molecule has 0 bridgehead atoms. The molecular weight excluding hydrogens is 194 g/mol. The number of ether oxygens (including phenoxy) is 2. The molecule has 0 aromatic carbocycles. The molecule has 1 aliphatic heterocycles. The summed E-state index contributed by atoms with van der Waals surface area (Å²) in [6.07, 6.45) is 3.44. The van der Waals surface area contributed by atoms with Crippen molar-refractivity contribution in [1.29, 1.82) is 5.26 Å². The van der Waals surface area contributed by atoms with Crippen molar-refractivity contribution in [1.82, 2.24) is 9.88 Å². The summed E-state index contributed by atoms with van der Waals surface area (Å²) in [7, 11) is 0. The second-order valence-electron chi connectivity index (χ2n) is 3.10. The third-order valence-corrected chi connectivity index (χ3v) is 2.13. The zero-order valence-electron chi connectivity index (χ0n) is 8.17. The van der Waals surface area contributed by atoms with Crippen molar-refractivity contribution in [3.05, 3.63) is 24.4 Å². The Balaban J connectivity index is 1.86. The molecule has 1 fully saturated rings. The van der Waals surface area contributed by atoms with Crippen LogP contribution in [0.15, 0.2) is 24.4 Å². The lowest BCUT2D eigenvalue weighted by Gasteiger charge is -2.16. The maximum Gasteiger partial charge on any atom is 0.213 e. The van der Waals surface area contributed by atoms with E-state index < -0.39 is 0 Å². The molecule has 1 unspecified atom stereocenters. The van der Waals surface area contributed by atoms with E-state index in [1.54, 1.807) is 17.2 Å². The Hall–Kier alpha value is -1.80. The summed E-state index contributed by atoms with van der Waals surface area (Å²) in [6, 6.07) is 5.44. The van der Waals surface area contributed by atoms with Crippen molar-refractivity contribution in [3.63, 3.8) is 0 Å². The Bertz CT molecular complexity index is 349. The summed E-state index contributed by atoms with van der Waals surface area (Å²) >= 11 is 0. The van der Waals surface area contributed by atoms with Crippen LogP contribution in [0.3, 0.4) is 0 Å². The molecule has 1 saturated heterocycles. The van der Waals surface area contributed by atoms with Gasteiger partial charge in [-0.15, -0.1) is 0 Å². The first-order valence-electron chi connectivity index (χ1n) is 4.72. The van der Waals surface area contributed by atoms with Crippen LogP contribution in [0.4, 0.5) is 0 Å². The van der Waals surface area contributed by atoms with Crippen LogP contribution in [0, 0.1) is 11.5 Å². The predicted molar refractivity (Wildman–Crippen MR) is 51.8 cm³/mol. The highest BCUT2D eigenvalue weighted by Gasteiger charge is 2.24. The highest BCUT2D eigenvalue weighted by molar-refractivity contribution is 5.09. The normalized spacial score (nSPS) is 19.9. The Labute approximate surface area is 87.8 Å². The molecule has 78 valence electrons. The molecule has 0 spiro atoms. The predicted octanol–water partition coefficient (Wildman–Crippen LogP) is 0.600. The average molecular weight is 205 g/mol. The van der Waals surface area contributed by atoms with E-state index in [0.29, 0.717) is 25.6 Å². The van der Waals surface area contributed by atoms with E-state index in [9.17, 15) is 0 Å². The minimum atomic E-state index is -0.281. The van der Waals surface area contributed by atoms with Crippen molar-refractivity contribution in [2.45, 2.75) is 6.23 Å². The third-order valence-electron chi connectivity index (χ3n) is 2.13. The van der Waals surface area contributed by atoms with Crippen LogP contribution in [0.2, 0.25) is 0 Å². The van der Waals surface area contributed by atoms with Gasteiger partial charge >= 0.3 is 0 Å². The Morgan fingerprint density at radius 1 is 1.67 bits per heavy atom. The zero-order chi connectivity index (χ0) is 10.5. The Kier molecular flexibility index (Phi) is 3.00. The van der Waals surface area contributed by atoms with Crippen molar-refractivity contribution in [2.75, 3.05) is 19.8 Å². The first-order valence-corrected chi connectivity index (χ1v) is 4.72. The van der Waals surface area contributed by atoms with Gasteiger partial charge in [0.15, 0.2) is 12.4 Å². The molecule has 0 saturated carbocycles. The zero-order valence-corrected chi connectivity index (χ0v) is 8.17. The summed E-state index contributed by atoms with van der Waals surface area (Å²) in [5.74, 6) is 0.547. The van der Waals surface area contributed by atoms with Crippen molar-refractivity contribution in [2.24, 2.45) is 0 Å². The summed E-state index contributed by atoms with van der Waals surface area (Å²) in [6.45, 7) is 1.53. The van der Waals surface area contributed by atoms with Gasteiger partial charge < -0.3 is 9.47 Å². The molecule has 0 radical (unpaired) electrons. The lowest BCUT2D eigenvalue weighted by atomic mass is 10.5. The fourth-order valence-electron chi connectivity index (χ4n) is 1.36. The summed E-state index contributed by atoms with van der Waals surface area (Å²) in [4.78, 5) is 5.57. The number of aromatic nitrogens is 1. The van der Waals surface area contributed by atoms with Gasteiger partial charge in [0.1, 0.15) is 6.61 Å². The summed E-state index contributed by atoms with van der Waals surface area (Å²) in [5, 5.41) is 8.76. The molecule has 0 aliphatic carbocycles. The standard InChI is InChI=1S/C10H11N3O2/c11-8-13-5-6-14-10(13)7-15-9-3-1-2-4-12-9/h1-4,10H,5-7H2. The molecule has 1 aromatic rings. The number of nitrogens with zero attached hydrogens (tertiary/aromatic N) is 3. The van der Waals surface area contributed by atoms with Gasteiger partial charge in [-0.25, -0.2) is 4.98 Å². The van der Waals surface area contributed by atoms with E-state index in [4.69, 9.17) is 14.7 Å². The third kappa shape index (κ3) is 2.36. The van der Waals surface area contributed by atoms with E-state index in [0.717, 1.165) is 0 Å². The minimum absolute atomic E-state index is 0.281. The van der Waals surface area contributed by atoms with Gasteiger partial charge in [-0.2, -0.15) is 5.26 Å². The molecule has 5 nitrogen and oxygen atoms in total. The van der Waals surface area contributed by atoms with E-state index in [1.807, 2.05) is 12.1 Å². The van der Waals surface area contributed by atoms with Crippen LogP contribution >= 0.6 is 0 Å². The molecule has 5 heteroatoms. The topological polar surface area (TPSA) is 58.4 Å². The van der Waals surface area contributed by atoms with Crippen molar-refractivity contribution < 1.29 is 9.47 Å². The van der Waals surface area contributed by atoms with Crippen LogP contribution in [0.5, 0.6) is 5.88 Å². The van der Waals surface area contributed by atoms with Gasteiger partial charge in [0.25, 0.3) is 0 Å². The fraction of sp³-hybridized carbons (Fsp3) is 0.400. The van der Waals surface area contributed by atoms with Gasteiger partial charge in [0.05, 0.1) is 13.2 Å². The smallest absolute Gasteiger partial charge is 0.213 e. The van der Waals surface area contributed by atoms with Gasteiger partial charge in [-0.05, 0) is 6.07 Å². The van der Waals surface area contributed by atoms with Crippen LogP contribution < -0.4 is 4.74 Å². The number of hydrogen-bond acceptors (Lipinski definition) is 5. The van der Waals surface area contributed by atoms with Gasteiger partial charge in [-0.1, -0.05) is 6.07 Å². The second-order valence-corrected chi connectivity index (χ2v) is 3.10. The maximum absolute atomic E-state index is 8.76. The lowest BCUT2D eigenvalue weighted by molar-refractivity contribution is 0.0178. The van der Waals surface area contributed by atoms with Gasteiger partial charge in [0, 0.05) is 12.3 Å². The number of nitriles is 1. The number of rotatable bonds is 3. The number of hydrogen-bond donors (Lipinski definition) is 0. The molecule has 1 aliphatic rings. The molecule has 0 N–H and O–H groups in total. The lowest BCUT2D eigenvalue weighted by Crippen LogP contribution is -2.31. The Morgan fingerprint density at radius 3 is 3.33 bits per heavy atom. The highest BCUT2D eigenvalue weighted by Crippen LogP contribution is 2.11. The van der Waals surface area contributed by atoms with Crippen LogP contribution in [0.1, 0.15) is 0 Å². The average Bonchev–Trinajstić information content (AvgIpc) is 2.75. The first kappa shape index (κ1) is 9.74. The highest BCUT2D eigenvalue weighted by atomic mass is 16.6. The molecule has 15 heavy (non-hydrogen) atoms. The van der Waals surface area contributed by atoms with Crippen LogP contribution in [0.25, 0.3) is 0 Å². The largest absolute Gasteiger partial charge is 0.473 e. The first-order chi connectivity index (χ1) is 7.40. The van der Waals surface area contributed by atoms with Gasteiger partial charge in [-0.3, -0.25) is 4.90 Å².